The Hall–Kier alpha value is -1.78. The first-order chi connectivity index (χ1) is 9.43. The SMILES string of the molecule is CC1(C)[C@H](C(=O)O)[C@@H]1C(=O)N(Cc1ccco1)C1CC1. The van der Waals surface area contributed by atoms with Crippen LogP contribution in [0.3, 0.4) is 0 Å². The van der Waals surface area contributed by atoms with Crippen molar-refractivity contribution in [3.63, 3.8) is 0 Å². The number of furan rings is 1. The molecule has 5 heteroatoms. The highest BCUT2D eigenvalue weighted by Gasteiger charge is 2.67. The van der Waals surface area contributed by atoms with Crippen LogP contribution in [0.1, 0.15) is 32.4 Å². The van der Waals surface area contributed by atoms with Crippen molar-refractivity contribution >= 4 is 11.9 Å². The van der Waals surface area contributed by atoms with Crippen molar-refractivity contribution in [3.8, 4) is 0 Å². The number of hydrogen-bond acceptors (Lipinski definition) is 3. The van der Waals surface area contributed by atoms with Gasteiger partial charge in [0.1, 0.15) is 5.76 Å². The summed E-state index contributed by atoms with van der Waals surface area (Å²) in [6.07, 6.45) is 3.58. The Labute approximate surface area is 117 Å². The van der Waals surface area contributed by atoms with Gasteiger partial charge in [-0.2, -0.15) is 0 Å². The monoisotopic (exact) mass is 277 g/mol. The number of rotatable bonds is 5. The molecule has 2 aliphatic carbocycles. The molecular formula is C15H19NO4. The second kappa shape index (κ2) is 4.36. The minimum Gasteiger partial charge on any atom is -0.481 e. The Balaban J connectivity index is 1.75. The van der Waals surface area contributed by atoms with Gasteiger partial charge in [-0.05, 0) is 30.4 Å². The number of carboxylic acids is 1. The molecule has 1 amide bonds. The normalized spacial score (nSPS) is 27.1. The van der Waals surface area contributed by atoms with Crippen molar-refractivity contribution < 1.29 is 19.1 Å². The minimum atomic E-state index is -0.873. The first kappa shape index (κ1) is 13.2. The third-order valence-corrected chi connectivity index (χ3v) is 4.54. The van der Waals surface area contributed by atoms with Crippen LogP contribution in [-0.2, 0) is 16.1 Å². The molecule has 1 aromatic rings. The highest BCUT2D eigenvalue weighted by molar-refractivity contribution is 5.92. The summed E-state index contributed by atoms with van der Waals surface area (Å²) in [5.41, 5.74) is -0.445. The predicted octanol–water partition coefficient (Wildman–Crippen LogP) is 2.13. The molecule has 2 fully saturated rings. The van der Waals surface area contributed by atoms with E-state index in [1.54, 1.807) is 17.2 Å². The molecule has 20 heavy (non-hydrogen) atoms. The summed E-state index contributed by atoms with van der Waals surface area (Å²) in [5, 5.41) is 9.21. The molecule has 0 radical (unpaired) electrons. The van der Waals surface area contributed by atoms with E-state index in [9.17, 15) is 14.7 Å². The minimum absolute atomic E-state index is 0.0405. The van der Waals surface area contributed by atoms with Crippen molar-refractivity contribution in [1.29, 1.82) is 0 Å². The zero-order valence-corrected chi connectivity index (χ0v) is 11.7. The lowest BCUT2D eigenvalue weighted by Crippen LogP contribution is -2.35. The van der Waals surface area contributed by atoms with Gasteiger partial charge in [0.2, 0.25) is 5.91 Å². The van der Waals surface area contributed by atoms with Crippen LogP contribution in [0, 0.1) is 17.3 Å². The summed E-state index contributed by atoms with van der Waals surface area (Å²) in [7, 11) is 0. The fourth-order valence-electron chi connectivity index (χ4n) is 3.08. The molecule has 2 saturated carbocycles. The lowest BCUT2D eigenvalue weighted by Gasteiger charge is -2.22. The van der Waals surface area contributed by atoms with Gasteiger partial charge in [-0.3, -0.25) is 9.59 Å². The van der Waals surface area contributed by atoms with Crippen LogP contribution in [0.4, 0.5) is 0 Å². The lowest BCUT2D eigenvalue weighted by atomic mass is 10.1. The standard InChI is InChI=1S/C15H19NO4/c1-15(2)11(12(15)14(18)19)13(17)16(9-5-6-9)8-10-4-3-7-20-10/h3-4,7,9,11-12H,5-6,8H2,1-2H3,(H,18,19)/t11-,12+/m1/s1. The van der Waals surface area contributed by atoms with Crippen LogP contribution < -0.4 is 0 Å². The highest BCUT2D eigenvalue weighted by Crippen LogP contribution is 2.59. The molecule has 0 aliphatic heterocycles. The van der Waals surface area contributed by atoms with E-state index >= 15 is 0 Å². The van der Waals surface area contributed by atoms with Crippen molar-refractivity contribution in [1.82, 2.24) is 4.90 Å². The summed E-state index contributed by atoms with van der Waals surface area (Å²) in [6, 6.07) is 3.89. The number of carbonyl (C=O) groups is 2. The third kappa shape index (κ3) is 2.11. The molecule has 1 heterocycles. The predicted molar refractivity (Wildman–Crippen MR) is 70.7 cm³/mol. The first-order valence-electron chi connectivity index (χ1n) is 6.98. The molecule has 2 atom stereocenters. The number of hydrogen-bond donors (Lipinski definition) is 1. The molecule has 3 rings (SSSR count). The molecule has 108 valence electrons. The Kier molecular flexibility index (Phi) is 2.88. The first-order valence-corrected chi connectivity index (χ1v) is 6.98. The number of nitrogens with zero attached hydrogens (tertiary/aromatic N) is 1. The zero-order chi connectivity index (χ0) is 14.5. The largest absolute Gasteiger partial charge is 0.481 e. The third-order valence-electron chi connectivity index (χ3n) is 4.54. The van der Waals surface area contributed by atoms with Crippen molar-refractivity contribution in [2.45, 2.75) is 39.3 Å². The van der Waals surface area contributed by atoms with Crippen molar-refractivity contribution in [2.24, 2.45) is 17.3 Å². The van der Waals surface area contributed by atoms with Gasteiger partial charge in [0, 0.05) is 6.04 Å². The van der Waals surface area contributed by atoms with Gasteiger partial charge in [-0.25, -0.2) is 0 Å². The molecule has 5 nitrogen and oxygen atoms in total. The van der Waals surface area contributed by atoms with Gasteiger partial charge >= 0.3 is 5.97 Å². The van der Waals surface area contributed by atoms with E-state index in [-0.39, 0.29) is 11.9 Å². The van der Waals surface area contributed by atoms with Crippen LogP contribution in [0.2, 0.25) is 0 Å². The molecule has 0 bridgehead atoms. The van der Waals surface area contributed by atoms with E-state index in [1.165, 1.54) is 0 Å². The average Bonchev–Trinajstić information content (AvgIpc) is 3.23. The van der Waals surface area contributed by atoms with Gasteiger partial charge in [0.25, 0.3) is 0 Å². The average molecular weight is 277 g/mol. The van der Waals surface area contributed by atoms with Gasteiger partial charge in [0.15, 0.2) is 0 Å². The Morgan fingerprint density at radius 1 is 1.40 bits per heavy atom. The highest BCUT2D eigenvalue weighted by atomic mass is 16.4. The topological polar surface area (TPSA) is 70.8 Å². The van der Waals surface area contributed by atoms with Crippen LogP contribution in [0.25, 0.3) is 0 Å². The maximum Gasteiger partial charge on any atom is 0.307 e. The van der Waals surface area contributed by atoms with Crippen LogP contribution in [0.5, 0.6) is 0 Å². The number of carboxylic acid groups (broad SMARTS) is 1. The van der Waals surface area contributed by atoms with Crippen LogP contribution in [-0.4, -0.2) is 27.9 Å². The van der Waals surface area contributed by atoms with E-state index in [4.69, 9.17) is 4.42 Å². The maximum atomic E-state index is 12.7. The van der Waals surface area contributed by atoms with E-state index in [1.807, 2.05) is 19.9 Å². The van der Waals surface area contributed by atoms with Crippen LogP contribution in [0.15, 0.2) is 22.8 Å². The maximum absolute atomic E-state index is 12.7. The molecule has 0 aromatic carbocycles. The van der Waals surface area contributed by atoms with E-state index in [2.05, 4.69) is 0 Å². The molecule has 1 N–H and O–H groups in total. The summed E-state index contributed by atoms with van der Waals surface area (Å²) >= 11 is 0. The lowest BCUT2D eigenvalue weighted by molar-refractivity contribution is -0.142. The summed E-state index contributed by atoms with van der Waals surface area (Å²) < 4.78 is 5.31. The van der Waals surface area contributed by atoms with Crippen molar-refractivity contribution in [2.75, 3.05) is 0 Å². The number of aliphatic carboxylic acids is 1. The number of amides is 1. The van der Waals surface area contributed by atoms with Crippen LogP contribution >= 0.6 is 0 Å². The molecular weight excluding hydrogens is 258 g/mol. The van der Waals surface area contributed by atoms with Crippen molar-refractivity contribution in [3.05, 3.63) is 24.2 Å². The fraction of sp³-hybridized carbons (Fsp3) is 0.600. The second-order valence-electron chi connectivity index (χ2n) is 6.39. The Morgan fingerprint density at radius 3 is 2.55 bits per heavy atom. The molecule has 1 aromatic heterocycles. The van der Waals surface area contributed by atoms with Gasteiger partial charge in [0.05, 0.1) is 24.6 Å². The summed E-state index contributed by atoms with van der Waals surface area (Å²) in [6.45, 7) is 4.15. The van der Waals surface area contributed by atoms with E-state index in [0.29, 0.717) is 6.54 Å². The fourth-order valence-corrected chi connectivity index (χ4v) is 3.08. The zero-order valence-electron chi connectivity index (χ0n) is 11.7. The number of carbonyl (C=O) groups excluding carboxylic acids is 1. The smallest absolute Gasteiger partial charge is 0.307 e. The van der Waals surface area contributed by atoms with E-state index in [0.717, 1.165) is 18.6 Å². The quantitative estimate of drug-likeness (QED) is 0.895. The summed E-state index contributed by atoms with van der Waals surface area (Å²) in [5.74, 6) is -1.14. The Morgan fingerprint density at radius 2 is 2.10 bits per heavy atom. The molecule has 2 aliphatic rings. The van der Waals surface area contributed by atoms with Gasteiger partial charge in [-0.15, -0.1) is 0 Å². The van der Waals surface area contributed by atoms with Gasteiger partial charge in [-0.1, -0.05) is 13.8 Å². The molecule has 0 saturated heterocycles. The van der Waals surface area contributed by atoms with Gasteiger partial charge < -0.3 is 14.4 Å². The van der Waals surface area contributed by atoms with E-state index < -0.39 is 23.2 Å². The second-order valence-corrected chi connectivity index (χ2v) is 6.39. The summed E-state index contributed by atoms with van der Waals surface area (Å²) in [4.78, 5) is 25.7. The Bertz CT molecular complexity index is 530. The molecule has 0 spiro atoms. The molecule has 0 unspecified atom stereocenters.